The molecule has 0 saturated carbocycles. The summed E-state index contributed by atoms with van der Waals surface area (Å²) in [5, 5.41) is 0. The van der Waals surface area contributed by atoms with E-state index in [1.54, 1.807) is 24.1 Å². The van der Waals surface area contributed by atoms with Crippen LogP contribution in [0, 0.1) is 6.92 Å². The van der Waals surface area contributed by atoms with Crippen LogP contribution in [0.2, 0.25) is 0 Å². The van der Waals surface area contributed by atoms with Gasteiger partial charge < -0.3 is 4.90 Å². The van der Waals surface area contributed by atoms with Crippen LogP contribution < -0.4 is 0 Å². The average Bonchev–Trinajstić information content (AvgIpc) is 2.19. The molecule has 0 saturated heterocycles. The van der Waals surface area contributed by atoms with Crippen LogP contribution in [0.25, 0.3) is 0 Å². The molecule has 0 unspecified atom stereocenters. The second-order valence-corrected chi connectivity index (χ2v) is 2.97. The smallest absolute Gasteiger partial charge is 0.272 e. The van der Waals surface area contributed by atoms with Gasteiger partial charge in [-0.2, -0.15) is 0 Å². The summed E-state index contributed by atoms with van der Waals surface area (Å²) in [6.45, 7) is 7.10. The first kappa shape index (κ1) is 10.6. The third-order valence-corrected chi connectivity index (χ3v) is 2.05. The highest BCUT2D eigenvalue weighted by atomic mass is 16.2. The molecule has 4 nitrogen and oxygen atoms in total. The van der Waals surface area contributed by atoms with Gasteiger partial charge in [-0.3, -0.25) is 4.79 Å². The Bertz CT molecular complexity index is 321. The maximum absolute atomic E-state index is 11.8. The van der Waals surface area contributed by atoms with E-state index in [2.05, 4.69) is 9.97 Å². The predicted octanol–water partition coefficient (Wildman–Crippen LogP) is 1.27. The molecule has 0 fully saturated rings. The Morgan fingerprint density at radius 2 is 2.07 bits per heavy atom. The summed E-state index contributed by atoms with van der Waals surface area (Å²) in [5.74, 6) is 0.600. The number of aryl methyl sites for hydroxylation is 1. The number of aromatic nitrogens is 2. The second kappa shape index (κ2) is 4.69. The van der Waals surface area contributed by atoms with Crippen molar-refractivity contribution in [2.75, 3.05) is 13.1 Å². The van der Waals surface area contributed by atoms with Crippen molar-refractivity contribution in [3.63, 3.8) is 0 Å². The number of carbonyl (C=O) groups excluding carboxylic acids is 1. The molecule has 76 valence electrons. The minimum Gasteiger partial charge on any atom is -0.338 e. The molecule has 1 aromatic heterocycles. The van der Waals surface area contributed by atoms with Gasteiger partial charge in [0.2, 0.25) is 0 Å². The molecule has 14 heavy (non-hydrogen) atoms. The topological polar surface area (TPSA) is 46.1 Å². The lowest BCUT2D eigenvalue weighted by atomic mass is 10.3. The number of carbonyl (C=O) groups is 1. The molecule has 0 aliphatic carbocycles. The molecule has 1 aromatic rings. The molecule has 0 atom stereocenters. The molecule has 1 heterocycles. The number of hydrogen-bond donors (Lipinski definition) is 0. The fourth-order valence-corrected chi connectivity index (χ4v) is 1.25. The summed E-state index contributed by atoms with van der Waals surface area (Å²) >= 11 is 0. The highest BCUT2D eigenvalue weighted by molar-refractivity contribution is 5.92. The van der Waals surface area contributed by atoms with E-state index in [0.29, 0.717) is 24.6 Å². The van der Waals surface area contributed by atoms with Gasteiger partial charge in [-0.15, -0.1) is 0 Å². The Morgan fingerprint density at radius 3 is 2.57 bits per heavy atom. The number of hydrogen-bond acceptors (Lipinski definition) is 3. The van der Waals surface area contributed by atoms with Gasteiger partial charge in [-0.1, -0.05) is 0 Å². The van der Waals surface area contributed by atoms with Crippen molar-refractivity contribution in [3.05, 3.63) is 23.8 Å². The second-order valence-electron chi connectivity index (χ2n) is 2.97. The van der Waals surface area contributed by atoms with Crippen LogP contribution in [0.1, 0.15) is 30.2 Å². The SMILES string of the molecule is CCN(CC)C(=O)c1ccnc(C)n1. The fourth-order valence-electron chi connectivity index (χ4n) is 1.25. The highest BCUT2D eigenvalue weighted by Crippen LogP contribution is 2.01. The van der Waals surface area contributed by atoms with Crippen molar-refractivity contribution in [1.29, 1.82) is 0 Å². The summed E-state index contributed by atoms with van der Waals surface area (Å²) < 4.78 is 0. The van der Waals surface area contributed by atoms with E-state index in [-0.39, 0.29) is 5.91 Å². The van der Waals surface area contributed by atoms with E-state index in [1.807, 2.05) is 13.8 Å². The molecule has 0 aliphatic heterocycles. The number of nitrogens with zero attached hydrogens (tertiary/aromatic N) is 3. The van der Waals surface area contributed by atoms with Crippen LogP contribution in [-0.2, 0) is 0 Å². The number of rotatable bonds is 3. The van der Waals surface area contributed by atoms with E-state index >= 15 is 0 Å². The zero-order valence-corrected chi connectivity index (χ0v) is 8.82. The van der Waals surface area contributed by atoms with Gasteiger partial charge in [0, 0.05) is 19.3 Å². The molecular weight excluding hydrogens is 178 g/mol. The molecule has 0 aromatic carbocycles. The average molecular weight is 193 g/mol. The summed E-state index contributed by atoms with van der Waals surface area (Å²) in [5.41, 5.74) is 0.473. The molecule has 4 heteroatoms. The van der Waals surface area contributed by atoms with Gasteiger partial charge in [0.05, 0.1) is 0 Å². The van der Waals surface area contributed by atoms with Crippen LogP contribution in [-0.4, -0.2) is 33.9 Å². The number of amides is 1. The maximum Gasteiger partial charge on any atom is 0.272 e. The van der Waals surface area contributed by atoms with E-state index in [9.17, 15) is 4.79 Å². The Kier molecular flexibility index (Phi) is 3.56. The highest BCUT2D eigenvalue weighted by Gasteiger charge is 2.13. The van der Waals surface area contributed by atoms with Crippen molar-refractivity contribution in [3.8, 4) is 0 Å². The lowest BCUT2D eigenvalue weighted by Gasteiger charge is -2.17. The third kappa shape index (κ3) is 2.28. The Morgan fingerprint density at radius 1 is 1.43 bits per heavy atom. The van der Waals surface area contributed by atoms with E-state index in [1.165, 1.54) is 0 Å². The molecule has 1 rings (SSSR count). The Hall–Kier alpha value is -1.45. The zero-order valence-electron chi connectivity index (χ0n) is 8.82. The molecule has 0 radical (unpaired) electrons. The van der Waals surface area contributed by atoms with Crippen molar-refractivity contribution in [1.82, 2.24) is 14.9 Å². The van der Waals surface area contributed by atoms with Gasteiger partial charge in [-0.05, 0) is 26.8 Å². The Balaban J connectivity index is 2.88. The Labute approximate surface area is 84.0 Å². The molecule has 1 amide bonds. The first-order valence-electron chi connectivity index (χ1n) is 4.78. The van der Waals surface area contributed by atoms with Gasteiger partial charge in [0.25, 0.3) is 5.91 Å². The molecule has 0 aliphatic rings. The predicted molar refractivity (Wildman–Crippen MR) is 54.0 cm³/mol. The van der Waals surface area contributed by atoms with Gasteiger partial charge >= 0.3 is 0 Å². The van der Waals surface area contributed by atoms with Crippen molar-refractivity contribution in [2.24, 2.45) is 0 Å². The first-order chi connectivity index (χ1) is 6.69. The molecular formula is C10H15N3O. The van der Waals surface area contributed by atoms with Crippen LogP contribution in [0.3, 0.4) is 0 Å². The minimum atomic E-state index is -0.0273. The van der Waals surface area contributed by atoms with Gasteiger partial charge in [0.15, 0.2) is 0 Å². The maximum atomic E-state index is 11.8. The monoisotopic (exact) mass is 193 g/mol. The molecule has 0 bridgehead atoms. The summed E-state index contributed by atoms with van der Waals surface area (Å²) in [7, 11) is 0. The van der Waals surface area contributed by atoms with Crippen molar-refractivity contribution >= 4 is 5.91 Å². The van der Waals surface area contributed by atoms with Gasteiger partial charge in [-0.25, -0.2) is 9.97 Å². The van der Waals surface area contributed by atoms with Gasteiger partial charge in [0.1, 0.15) is 11.5 Å². The van der Waals surface area contributed by atoms with Crippen LogP contribution in [0.15, 0.2) is 12.3 Å². The standard InChI is InChI=1S/C10H15N3O/c1-4-13(5-2)10(14)9-6-7-11-8(3)12-9/h6-7H,4-5H2,1-3H3. The molecule has 0 N–H and O–H groups in total. The minimum absolute atomic E-state index is 0.0273. The van der Waals surface area contributed by atoms with Crippen molar-refractivity contribution in [2.45, 2.75) is 20.8 Å². The van der Waals surface area contributed by atoms with Crippen LogP contribution in [0.5, 0.6) is 0 Å². The summed E-state index contributed by atoms with van der Waals surface area (Å²) in [4.78, 5) is 21.6. The lowest BCUT2D eigenvalue weighted by molar-refractivity contribution is 0.0766. The van der Waals surface area contributed by atoms with E-state index in [4.69, 9.17) is 0 Å². The van der Waals surface area contributed by atoms with Crippen molar-refractivity contribution < 1.29 is 4.79 Å². The normalized spacial score (nSPS) is 9.93. The zero-order chi connectivity index (χ0) is 10.6. The first-order valence-corrected chi connectivity index (χ1v) is 4.78. The summed E-state index contributed by atoms with van der Waals surface area (Å²) in [6.07, 6.45) is 1.61. The quantitative estimate of drug-likeness (QED) is 0.726. The fraction of sp³-hybridized carbons (Fsp3) is 0.500. The van der Waals surface area contributed by atoms with Crippen LogP contribution >= 0.6 is 0 Å². The largest absolute Gasteiger partial charge is 0.338 e. The molecule has 0 spiro atoms. The lowest BCUT2D eigenvalue weighted by Crippen LogP contribution is -2.31. The van der Waals surface area contributed by atoms with E-state index < -0.39 is 0 Å². The van der Waals surface area contributed by atoms with Crippen LogP contribution in [0.4, 0.5) is 0 Å². The van der Waals surface area contributed by atoms with E-state index in [0.717, 1.165) is 0 Å². The summed E-state index contributed by atoms with van der Waals surface area (Å²) in [6, 6.07) is 1.65. The third-order valence-electron chi connectivity index (χ3n) is 2.05.